The van der Waals surface area contributed by atoms with Gasteiger partial charge in [-0.05, 0) is 22.4 Å². The Morgan fingerprint density at radius 1 is 1.00 bits per heavy atom. The van der Waals surface area contributed by atoms with Crippen molar-refractivity contribution >= 4 is 10.8 Å². The number of benzene rings is 3. The maximum atomic E-state index is 6.19. The summed E-state index contributed by atoms with van der Waals surface area (Å²) in [5, 5.41) is 2.39. The van der Waals surface area contributed by atoms with Gasteiger partial charge in [0.05, 0.1) is 12.9 Å². The Hall–Kier alpha value is -2.58. The summed E-state index contributed by atoms with van der Waals surface area (Å²) >= 11 is 0. The zero-order valence-electron chi connectivity index (χ0n) is 13.6. The van der Waals surface area contributed by atoms with Gasteiger partial charge in [0.15, 0.2) is 0 Å². The third-order valence-corrected chi connectivity index (χ3v) is 4.77. The van der Waals surface area contributed by atoms with Gasteiger partial charge in [-0.3, -0.25) is 0 Å². The number of hydrogen-bond donors (Lipinski definition) is 0. The molecule has 0 bridgehead atoms. The molecule has 2 heteroatoms. The molecule has 1 atom stereocenters. The highest BCUT2D eigenvalue weighted by molar-refractivity contribution is 5.89. The molecule has 4 rings (SSSR count). The normalized spacial score (nSPS) is 19.7. The molecule has 0 aromatic heterocycles. The van der Waals surface area contributed by atoms with Crippen LogP contribution in [-0.4, -0.2) is 6.61 Å². The van der Waals surface area contributed by atoms with Crippen LogP contribution in [0.2, 0.25) is 0 Å². The van der Waals surface area contributed by atoms with Crippen LogP contribution in [0.4, 0.5) is 0 Å². The van der Waals surface area contributed by atoms with E-state index in [9.17, 15) is 0 Å². The SMILES string of the molecule is C=COc1ccc2ccccc2c1C1(Cc2ccccc2)CCO1. The molecule has 2 nitrogen and oxygen atoms in total. The minimum Gasteiger partial charge on any atom is -0.465 e. The van der Waals surface area contributed by atoms with Crippen molar-refractivity contribution in [1.82, 2.24) is 0 Å². The fraction of sp³-hybridized carbons (Fsp3) is 0.182. The molecule has 0 spiro atoms. The lowest BCUT2D eigenvalue weighted by molar-refractivity contribution is -0.153. The average Bonchev–Trinajstić information content (AvgIpc) is 2.60. The van der Waals surface area contributed by atoms with Crippen LogP contribution in [0.1, 0.15) is 17.5 Å². The highest BCUT2D eigenvalue weighted by atomic mass is 16.5. The topological polar surface area (TPSA) is 18.5 Å². The Morgan fingerprint density at radius 2 is 1.75 bits per heavy atom. The highest BCUT2D eigenvalue weighted by Crippen LogP contribution is 2.47. The predicted octanol–water partition coefficient (Wildman–Crippen LogP) is 5.22. The van der Waals surface area contributed by atoms with Gasteiger partial charge >= 0.3 is 0 Å². The van der Waals surface area contributed by atoms with Crippen molar-refractivity contribution in [2.24, 2.45) is 0 Å². The molecule has 1 aliphatic rings. The first-order valence-electron chi connectivity index (χ1n) is 8.30. The van der Waals surface area contributed by atoms with E-state index in [0.29, 0.717) is 0 Å². The van der Waals surface area contributed by atoms with Crippen molar-refractivity contribution in [1.29, 1.82) is 0 Å². The third kappa shape index (κ3) is 2.49. The fourth-order valence-electron chi connectivity index (χ4n) is 3.61. The quantitative estimate of drug-likeness (QED) is 0.601. The first-order chi connectivity index (χ1) is 11.8. The van der Waals surface area contributed by atoms with Crippen LogP contribution < -0.4 is 4.74 Å². The summed E-state index contributed by atoms with van der Waals surface area (Å²) in [4.78, 5) is 0. The number of hydrogen-bond acceptors (Lipinski definition) is 2. The molecule has 1 saturated heterocycles. The summed E-state index contributed by atoms with van der Waals surface area (Å²) in [5.41, 5.74) is 2.07. The van der Waals surface area contributed by atoms with E-state index >= 15 is 0 Å². The average molecular weight is 316 g/mol. The minimum absolute atomic E-state index is 0.333. The molecule has 1 unspecified atom stereocenters. The van der Waals surface area contributed by atoms with E-state index < -0.39 is 0 Å². The molecule has 120 valence electrons. The Morgan fingerprint density at radius 3 is 2.46 bits per heavy atom. The first kappa shape index (κ1) is 15.0. The molecule has 0 saturated carbocycles. The van der Waals surface area contributed by atoms with Crippen LogP contribution in [0.25, 0.3) is 10.8 Å². The van der Waals surface area contributed by atoms with E-state index in [1.54, 1.807) is 0 Å². The van der Waals surface area contributed by atoms with E-state index in [1.165, 1.54) is 22.6 Å². The maximum Gasteiger partial charge on any atom is 0.133 e. The molecule has 0 amide bonds. The summed E-state index contributed by atoms with van der Waals surface area (Å²) in [6.07, 6.45) is 3.32. The number of rotatable bonds is 5. The zero-order chi connectivity index (χ0) is 16.4. The molecule has 0 radical (unpaired) electrons. The molecule has 3 aromatic rings. The second-order valence-electron chi connectivity index (χ2n) is 6.20. The smallest absolute Gasteiger partial charge is 0.133 e. The zero-order valence-corrected chi connectivity index (χ0v) is 13.6. The van der Waals surface area contributed by atoms with Crippen molar-refractivity contribution in [3.05, 3.63) is 90.7 Å². The highest BCUT2D eigenvalue weighted by Gasteiger charge is 2.43. The lowest BCUT2D eigenvalue weighted by atomic mass is 9.78. The summed E-state index contributed by atoms with van der Waals surface area (Å²) in [6.45, 7) is 4.51. The van der Waals surface area contributed by atoms with Gasteiger partial charge in [-0.25, -0.2) is 0 Å². The van der Waals surface area contributed by atoms with Crippen molar-refractivity contribution in [3.63, 3.8) is 0 Å². The van der Waals surface area contributed by atoms with Crippen LogP contribution in [0.3, 0.4) is 0 Å². The Labute approximate surface area is 142 Å². The predicted molar refractivity (Wildman–Crippen MR) is 97.2 cm³/mol. The summed E-state index contributed by atoms with van der Waals surface area (Å²) in [5.74, 6) is 0.833. The number of fused-ring (bicyclic) bond motifs is 1. The van der Waals surface area contributed by atoms with Crippen LogP contribution in [0.15, 0.2) is 79.6 Å². The molecule has 1 aliphatic heterocycles. The molecule has 1 heterocycles. The van der Waals surface area contributed by atoms with E-state index in [1.807, 2.05) is 12.1 Å². The molecule has 0 aliphatic carbocycles. The molecular formula is C22H20O2. The second-order valence-corrected chi connectivity index (χ2v) is 6.20. The van der Waals surface area contributed by atoms with Crippen LogP contribution in [0, 0.1) is 0 Å². The molecular weight excluding hydrogens is 296 g/mol. The molecule has 3 aromatic carbocycles. The Balaban J connectivity index is 1.89. The van der Waals surface area contributed by atoms with Gasteiger partial charge < -0.3 is 9.47 Å². The van der Waals surface area contributed by atoms with Crippen molar-refractivity contribution < 1.29 is 9.47 Å². The van der Waals surface area contributed by atoms with Crippen molar-refractivity contribution in [2.45, 2.75) is 18.4 Å². The van der Waals surface area contributed by atoms with Gasteiger partial charge in [-0.15, -0.1) is 0 Å². The van der Waals surface area contributed by atoms with Crippen molar-refractivity contribution in [3.8, 4) is 5.75 Å². The van der Waals surface area contributed by atoms with Gasteiger partial charge in [-0.2, -0.15) is 0 Å². The van der Waals surface area contributed by atoms with Crippen LogP contribution in [0.5, 0.6) is 5.75 Å². The second kappa shape index (κ2) is 6.14. The van der Waals surface area contributed by atoms with Gasteiger partial charge in [0.25, 0.3) is 0 Å². The minimum atomic E-state index is -0.333. The maximum absolute atomic E-state index is 6.19. The molecule has 24 heavy (non-hydrogen) atoms. The van der Waals surface area contributed by atoms with Gasteiger partial charge in [-0.1, -0.05) is 67.2 Å². The Kier molecular flexibility index (Phi) is 3.83. The van der Waals surface area contributed by atoms with E-state index in [-0.39, 0.29) is 5.60 Å². The van der Waals surface area contributed by atoms with Crippen molar-refractivity contribution in [2.75, 3.05) is 6.61 Å². The van der Waals surface area contributed by atoms with Crippen LogP contribution in [-0.2, 0) is 16.8 Å². The lowest BCUT2D eigenvalue weighted by Gasteiger charge is -2.44. The van der Waals surface area contributed by atoms with Crippen LogP contribution >= 0.6 is 0 Å². The largest absolute Gasteiger partial charge is 0.465 e. The van der Waals surface area contributed by atoms with E-state index in [4.69, 9.17) is 9.47 Å². The standard InChI is InChI=1S/C22H20O2/c1-2-23-20-13-12-18-10-6-7-11-19(18)21(20)22(14-15-24-22)16-17-8-4-3-5-9-17/h2-13H,1,14-16H2. The first-order valence-corrected chi connectivity index (χ1v) is 8.30. The molecule has 0 N–H and O–H groups in total. The lowest BCUT2D eigenvalue weighted by Crippen LogP contribution is -2.43. The van der Waals surface area contributed by atoms with E-state index in [0.717, 1.165) is 30.8 Å². The summed E-state index contributed by atoms with van der Waals surface area (Å²) < 4.78 is 11.9. The van der Waals surface area contributed by atoms with Gasteiger partial charge in [0.2, 0.25) is 0 Å². The third-order valence-electron chi connectivity index (χ3n) is 4.77. The monoisotopic (exact) mass is 316 g/mol. The van der Waals surface area contributed by atoms with Gasteiger partial charge in [0, 0.05) is 18.4 Å². The summed E-state index contributed by atoms with van der Waals surface area (Å²) in [6, 6.07) is 23.0. The van der Waals surface area contributed by atoms with E-state index in [2.05, 4.69) is 61.2 Å². The summed E-state index contributed by atoms with van der Waals surface area (Å²) in [7, 11) is 0. The van der Waals surface area contributed by atoms with Gasteiger partial charge in [0.1, 0.15) is 11.4 Å². The Bertz CT molecular complexity index is 864. The fourth-order valence-corrected chi connectivity index (χ4v) is 3.61. The number of ether oxygens (including phenoxy) is 2. The molecule has 1 fully saturated rings.